The summed E-state index contributed by atoms with van der Waals surface area (Å²) in [6.07, 6.45) is 0. The van der Waals surface area contributed by atoms with Crippen LogP contribution in [0.1, 0.15) is 11.1 Å². The Morgan fingerprint density at radius 3 is 1.68 bits per heavy atom. The van der Waals surface area contributed by atoms with Gasteiger partial charge in [0.25, 0.3) is 5.76 Å². The number of anilines is 1. The molecule has 0 saturated heterocycles. The molecule has 1 atom stereocenters. The summed E-state index contributed by atoms with van der Waals surface area (Å²) in [4.78, 5) is 0.408. The van der Waals surface area contributed by atoms with Crippen LogP contribution in [0, 0.1) is 0 Å². The van der Waals surface area contributed by atoms with E-state index in [2.05, 4.69) is 5.09 Å². The maximum absolute atomic E-state index is 13.9. The minimum absolute atomic E-state index is 0.301. The molecule has 0 aliphatic carbocycles. The van der Waals surface area contributed by atoms with Crippen LogP contribution in [0.5, 0.6) is 0 Å². The molecule has 1 unspecified atom stereocenters. The fourth-order valence-corrected chi connectivity index (χ4v) is 6.04. The van der Waals surface area contributed by atoms with Gasteiger partial charge in [-0.2, -0.15) is 8.78 Å². The van der Waals surface area contributed by atoms with Gasteiger partial charge in [-0.1, -0.05) is 95.6 Å². The minimum atomic E-state index is -3.42. The highest BCUT2D eigenvalue weighted by Gasteiger charge is 2.20. The summed E-state index contributed by atoms with van der Waals surface area (Å²) in [5.74, 6) is 0.374. The summed E-state index contributed by atoms with van der Waals surface area (Å²) in [6, 6.07) is 24.5. The molecule has 0 aliphatic heterocycles. The first-order valence-electron chi connectivity index (χ1n) is 9.15. The van der Waals surface area contributed by atoms with E-state index >= 15 is 0 Å². The summed E-state index contributed by atoms with van der Waals surface area (Å²) in [5, 5.41) is 3.58. The van der Waals surface area contributed by atoms with Crippen LogP contribution in [0.2, 0.25) is 0 Å². The van der Waals surface area contributed by atoms with Crippen LogP contribution >= 0.6 is 42.3 Å². The molecule has 0 heterocycles. The van der Waals surface area contributed by atoms with E-state index in [9.17, 15) is 13.3 Å². The number of benzene rings is 3. The van der Waals surface area contributed by atoms with Crippen LogP contribution in [0.4, 0.5) is 14.5 Å². The first-order valence-corrected chi connectivity index (χ1v) is 12.6. The van der Waals surface area contributed by atoms with Gasteiger partial charge in [-0.15, -0.1) is 0 Å². The average molecular weight is 496 g/mol. The lowest BCUT2D eigenvalue weighted by molar-refractivity contribution is 0.252. The topological polar surface area (TPSA) is 29.1 Å². The van der Waals surface area contributed by atoms with Crippen molar-refractivity contribution in [3.63, 3.8) is 0 Å². The van der Waals surface area contributed by atoms with Crippen LogP contribution in [0.15, 0.2) is 101 Å². The highest BCUT2D eigenvalue weighted by atomic mass is 35.5. The molecule has 3 rings (SSSR count). The van der Waals surface area contributed by atoms with Gasteiger partial charge in [0, 0.05) is 22.2 Å². The Morgan fingerprint density at radius 2 is 1.26 bits per heavy atom. The standard InChI is InChI=1S/C23H18Cl2F2NOPS/c24-21(17-7-3-1-4-8-17)15-30(29,16-22(25)18-9-5-2-6-10-18)28-19-11-13-20(14-12-19)31-23(26)27/h1-16,23H,(H,28,29)/b21-15+,22-16?. The zero-order valence-corrected chi connectivity index (χ0v) is 19.3. The first kappa shape index (κ1) is 23.6. The lowest BCUT2D eigenvalue weighted by Gasteiger charge is -2.16. The number of hydrogen-bond donors (Lipinski definition) is 1. The molecule has 0 amide bonds. The predicted molar refractivity (Wildman–Crippen MR) is 130 cm³/mol. The summed E-state index contributed by atoms with van der Waals surface area (Å²) < 4.78 is 39.0. The maximum atomic E-state index is 13.9. The lowest BCUT2D eigenvalue weighted by atomic mass is 10.2. The second kappa shape index (κ2) is 11.0. The fraction of sp³-hybridized carbons (Fsp3) is 0.0435. The van der Waals surface area contributed by atoms with Crippen molar-refractivity contribution in [1.82, 2.24) is 0 Å². The molecule has 1 N–H and O–H groups in total. The van der Waals surface area contributed by atoms with E-state index in [-0.39, 0.29) is 0 Å². The molecular formula is C23H18Cl2F2NOPS. The van der Waals surface area contributed by atoms with Gasteiger partial charge in [0.1, 0.15) is 0 Å². The summed E-state index contributed by atoms with van der Waals surface area (Å²) in [7, 11) is -3.42. The number of nitrogens with one attached hydrogen (secondary N) is 1. The van der Waals surface area contributed by atoms with E-state index in [0.29, 0.717) is 43.5 Å². The van der Waals surface area contributed by atoms with Crippen LogP contribution in [-0.4, -0.2) is 5.76 Å². The second-order valence-electron chi connectivity index (χ2n) is 6.41. The van der Waals surface area contributed by atoms with Gasteiger partial charge >= 0.3 is 0 Å². The molecule has 0 aliphatic rings. The molecule has 31 heavy (non-hydrogen) atoms. The van der Waals surface area contributed by atoms with Gasteiger partial charge in [0.15, 0.2) is 0 Å². The molecule has 0 bridgehead atoms. The Labute approximate surface area is 194 Å². The maximum Gasteiger partial charge on any atom is 0.288 e. The number of halogens is 4. The summed E-state index contributed by atoms with van der Waals surface area (Å²) in [5.41, 5.74) is 1.91. The van der Waals surface area contributed by atoms with Gasteiger partial charge in [0.05, 0.1) is 10.1 Å². The van der Waals surface area contributed by atoms with E-state index in [4.69, 9.17) is 23.2 Å². The number of thioether (sulfide) groups is 1. The fourth-order valence-electron chi connectivity index (χ4n) is 2.70. The summed E-state index contributed by atoms with van der Waals surface area (Å²) >= 11 is 13.4. The zero-order valence-electron chi connectivity index (χ0n) is 16.1. The highest BCUT2D eigenvalue weighted by molar-refractivity contribution is 7.99. The largest absolute Gasteiger partial charge is 0.330 e. The van der Waals surface area contributed by atoms with Gasteiger partial charge in [-0.05, 0) is 35.4 Å². The molecule has 0 radical (unpaired) electrons. The summed E-state index contributed by atoms with van der Waals surface area (Å²) in [6.45, 7) is 0. The molecule has 3 aromatic carbocycles. The molecule has 0 spiro atoms. The second-order valence-corrected chi connectivity index (χ2v) is 10.4. The van der Waals surface area contributed by atoms with Gasteiger partial charge in [0.2, 0.25) is 7.29 Å². The third kappa shape index (κ3) is 7.26. The van der Waals surface area contributed by atoms with Gasteiger partial charge < -0.3 is 5.09 Å². The quantitative estimate of drug-likeness (QED) is 0.249. The normalized spacial score (nSPS) is 14.4. The van der Waals surface area contributed by atoms with E-state index in [1.165, 1.54) is 23.8 Å². The lowest BCUT2D eigenvalue weighted by Crippen LogP contribution is -1.94. The van der Waals surface area contributed by atoms with Crippen LogP contribution in [0.25, 0.3) is 10.1 Å². The van der Waals surface area contributed by atoms with Crippen molar-refractivity contribution in [1.29, 1.82) is 0 Å². The number of hydrogen-bond acceptors (Lipinski definition) is 2. The number of alkyl halides is 2. The van der Waals surface area contributed by atoms with Crippen molar-refractivity contribution in [2.75, 3.05) is 5.09 Å². The first-order chi connectivity index (χ1) is 14.8. The van der Waals surface area contributed by atoms with E-state index in [1.807, 2.05) is 60.7 Å². The van der Waals surface area contributed by atoms with Crippen LogP contribution in [0.3, 0.4) is 0 Å². The third-order valence-corrected chi connectivity index (χ3v) is 7.67. The Kier molecular flexibility index (Phi) is 8.39. The van der Waals surface area contributed by atoms with Crippen LogP contribution < -0.4 is 5.09 Å². The van der Waals surface area contributed by atoms with Crippen molar-refractivity contribution in [2.45, 2.75) is 10.7 Å². The van der Waals surface area contributed by atoms with E-state index < -0.39 is 13.1 Å². The van der Waals surface area contributed by atoms with Gasteiger partial charge in [-0.25, -0.2) is 0 Å². The highest BCUT2D eigenvalue weighted by Crippen LogP contribution is 2.53. The molecule has 8 heteroatoms. The SMILES string of the molecule is O=P(C=C(Cl)c1ccccc1)(/C=C(/Cl)c1ccccc1)Nc1ccc(SC(F)F)cc1. The van der Waals surface area contributed by atoms with E-state index in [1.54, 1.807) is 12.1 Å². The molecule has 160 valence electrons. The zero-order chi connectivity index (χ0) is 22.3. The van der Waals surface area contributed by atoms with Crippen molar-refractivity contribution in [3.05, 3.63) is 108 Å². The van der Waals surface area contributed by atoms with Crippen molar-refractivity contribution in [2.24, 2.45) is 0 Å². The Balaban J connectivity index is 1.97. The molecule has 0 aromatic heterocycles. The Morgan fingerprint density at radius 1 is 0.806 bits per heavy atom. The molecule has 0 fully saturated rings. The molecular weight excluding hydrogens is 478 g/mol. The Bertz CT molecular complexity index is 1050. The molecule has 2 nitrogen and oxygen atoms in total. The van der Waals surface area contributed by atoms with Crippen molar-refractivity contribution < 1.29 is 13.3 Å². The predicted octanol–water partition coefficient (Wildman–Crippen LogP) is 9.17. The van der Waals surface area contributed by atoms with Crippen molar-refractivity contribution in [3.8, 4) is 0 Å². The molecule has 0 saturated carbocycles. The van der Waals surface area contributed by atoms with Crippen LogP contribution in [-0.2, 0) is 4.57 Å². The van der Waals surface area contributed by atoms with Crippen molar-refractivity contribution >= 4 is 58.0 Å². The number of rotatable bonds is 8. The smallest absolute Gasteiger partial charge is 0.288 e. The monoisotopic (exact) mass is 495 g/mol. The van der Waals surface area contributed by atoms with E-state index in [0.717, 1.165) is 0 Å². The average Bonchev–Trinajstić information content (AvgIpc) is 2.76. The molecule has 3 aromatic rings. The van der Waals surface area contributed by atoms with Gasteiger partial charge in [-0.3, -0.25) is 4.57 Å². The third-order valence-electron chi connectivity index (χ3n) is 4.09. The Hall–Kier alpha value is -2.04. The minimum Gasteiger partial charge on any atom is -0.330 e.